The lowest BCUT2D eigenvalue weighted by molar-refractivity contribution is 0.0903. The van der Waals surface area contributed by atoms with E-state index >= 15 is 0 Å². The SMILES string of the molecule is O=C(NC1CC2CCC1N2)c1ccc(-c2ccccc2F)o1. The highest BCUT2D eigenvalue weighted by Gasteiger charge is 2.39. The molecule has 1 amide bonds. The molecule has 2 fully saturated rings. The summed E-state index contributed by atoms with van der Waals surface area (Å²) in [6.07, 6.45) is 3.26. The van der Waals surface area contributed by atoms with Crippen molar-refractivity contribution < 1.29 is 13.6 Å². The average Bonchev–Trinajstić information content (AvgIpc) is 3.24. The van der Waals surface area contributed by atoms with E-state index in [0.29, 0.717) is 23.4 Å². The number of carbonyl (C=O) groups is 1. The average molecular weight is 300 g/mol. The van der Waals surface area contributed by atoms with Crippen LogP contribution in [0.3, 0.4) is 0 Å². The minimum absolute atomic E-state index is 0.160. The monoisotopic (exact) mass is 300 g/mol. The molecule has 2 aliphatic rings. The number of carbonyl (C=O) groups excluding carboxylic acids is 1. The summed E-state index contributed by atoms with van der Waals surface area (Å²) in [7, 11) is 0. The van der Waals surface area contributed by atoms with Gasteiger partial charge in [0.2, 0.25) is 0 Å². The van der Waals surface area contributed by atoms with Crippen LogP contribution in [0.25, 0.3) is 11.3 Å². The van der Waals surface area contributed by atoms with Gasteiger partial charge in [0, 0.05) is 18.1 Å². The third-order valence-electron chi connectivity index (χ3n) is 4.59. The summed E-state index contributed by atoms with van der Waals surface area (Å²) in [5.41, 5.74) is 0.364. The molecule has 2 aliphatic heterocycles. The second-order valence-corrected chi connectivity index (χ2v) is 6.01. The van der Waals surface area contributed by atoms with Crippen LogP contribution in [0.2, 0.25) is 0 Å². The fourth-order valence-electron chi connectivity index (χ4n) is 3.49. The van der Waals surface area contributed by atoms with Crippen molar-refractivity contribution in [2.75, 3.05) is 0 Å². The van der Waals surface area contributed by atoms with Crippen molar-refractivity contribution in [3.63, 3.8) is 0 Å². The lowest BCUT2D eigenvalue weighted by Crippen LogP contribution is -2.42. The van der Waals surface area contributed by atoms with Crippen molar-refractivity contribution in [1.29, 1.82) is 0 Å². The van der Waals surface area contributed by atoms with Gasteiger partial charge >= 0.3 is 0 Å². The third kappa shape index (κ3) is 2.31. The highest BCUT2D eigenvalue weighted by Crippen LogP contribution is 2.29. The summed E-state index contributed by atoms with van der Waals surface area (Å²) in [6, 6.07) is 10.7. The molecule has 4 nitrogen and oxygen atoms in total. The Morgan fingerprint density at radius 3 is 2.82 bits per heavy atom. The van der Waals surface area contributed by atoms with Gasteiger partial charge in [0.05, 0.1) is 5.56 Å². The van der Waals surface area contributed by atoms with Crippen LogP contribution < -0.4 is 10.6 Å². The summed E-state index contributed by atoms with van der Waals surface area (Å²) in [5, 5.41) is 6.50. The molecule has 3 atom stereocenters. The first-order valence-electron chi connectivity index (χ1n) is 7.62. The molecule has 4 rings (SSSR count). The molecule has 2 aromatic rings. The summed E-state index contributed by atoms with van der Waals surface area (Å²) >= 11 is 0. The van der Waals surface area contributed by atoms with Crippen LogP contribution in [-0.2, 0) is 0 Å². The molecule has 0 saturated carbocycles. The molecule has 22 heavy (non-hydrogen) atoms. The van der Waals surface area contributed by atoms with E-state index in [4.69, 9.17) is 4.42 Å². The van der Waals surface area contributed by atoms with Crippen molar-refractivity contribution in [2.24, 2.45) is 0 Å². The molecule has 3 unspecified atom stereocenters. The molecule has 114 valence electrons. The molecule has 2 saturated heterocycles. The van der Waals surface area contributed by atoms with E-state index in [9.17, 15) is 9.18 Å². The van der Waals surface area contributed by atoms with E-state index in [1.165, 1.54) is 12.5 Å². The molecule has 0 aliphatic carbocycles. The minimum atomic E-state index is -0.360. The Morgan fingerprint density at radius 2 is 2.09 bits per heavy atom. The number of halogens is 1. The molecule has 1 aromatic carbocycles. The molecular weight excluding hydrogens is 283 g/mol. The van der Waals surface area contributed by atoms with Gasteiger partial charge in [-0.15, -0.1) is 0 Å². The molecule has 0 spiro atoms. The van der Waals surface area contributed by atoms with E-state index in [2.05, 4.69) is 10.6 Å². The number of benzene rings is 1. The van der Waals surface area contributed by atoms with Crippen LogP contribution >= 0.6 is 0 Å². The van der Waals surface area contributed by atoms with E-state index in [-0.39, 0.29) is 23.5 Å². The highest BCUT2D eigenvalue weighted by atomic mass is 19.1. The van der Waals surface area contributed by atoms with Crippen LogP contribution in [0.1, 0.15) is 29.8 Å². The Labute approximate surface area is 127 Å². The van der Waals surface area contributed by atoms with Gasteiger partial charge in [-0.2, -0.15) is 0 Å². The number of nitrogens with one attached hydrogen (secondary N) is 2. The second-order valence-electron chi connectivity index (χ2n) is 6.01. The Kier molecular flexibility index (Phi) is 3.22. The van der Waals surface area contributed by atoms with Gasteiger partial charge in [-0.25, -0.2) is 4.39 Å². The maximum absolute atomic E-state index is 13.7. The van der Waals surface area contributed by atoms with Gasteiger partial charge in [-0.05, 0) is 43.5 Å². The first-order chi connectivity index (χ1) is 10.7. The summed E-state index contributed by atoms with van der Waals surface area (Å²) in [4.78, 5) is 12.3. The zero-order chi connectivity index (χ0) is 15.1. The zero-order valence-corrected chi connectivity index (χ0v) is 12.0. The number of furan rings is 1. The molecule has 3 heterocycles. The van der Waals surface area contributed by atoms with Gasteiger partial charge in [0.25, 0.3) is 5.91 Å². The molecular formula is C17H17FN2O2. The molecule has 2 N–H and O–H groups in total. The van der Waals surface area contributed by atoms with Crippen molar-refractivity contribution in [1.82, 2.24) is 10.6 Å². The van der Waals surface area contributed by atoms with Crippen molar-refractivity contribution in [3.8, 4) is 11.3 Å². The van der Waals surface area contributed by atoms with Crippen LogP contribution in [0.15, 0.2) is 40.8 Å². The van der Waals surface area contributed by atoms with Crippen LogP contribution in [0.4, 0.5) is 4.39 Å². The maximum Gasteiger partial charge on any atom is 0.287 e. The Hall–Kier alpha value is -2.14. The Balaban J connectivity index is 1.49. The highest BCUT2D eigenvalue weighted by molar-refractivity contribution is 5.92. The number of fused-ring (bicyclic) bond motifs is 2. The molecule has 5 heteroatoms. The van der Waals surface area contributed by atoms with Gasteiger partial charge < -0.3 is 15.1 Å². The van der Waals surface area contributed by atoms with Crippen molar-refractivity contribution >= 4 is 5.91 Å². The van der Waals surface area contributed by atoms with E-state index < -0.39 is 0 Å². The normalized spacial score (nSPS) is 26.3. The Morgan fingerprint density at radius 1 is 1.23 bits per heavy atom. The lowest BCUT2D eigenvalue weighted by Gasteiger charge is -2.20. The molecule has 0 radical (unpaired) electrons. The number of amides is 1. The van der Waals surface area contributed by atoms with Crippen molar-refractivity contribution in [2.45, 2.75) is 37.4 Å². The van der Waals surface area contributed by atoms with E-state index in [1.54, 1.807) is 30.3 Å². The number of hydrogen-bond donors (Lipinski definition) is 2. The Bertz CT molecular complexity index is 712. The smallest absolute Gasteiger partial charge is 0.287 e. The van der Waals surface area contributed by atoms with Crippen LogP contribution in [-0.4, -0.2) is 24.0 Å². The quantitative estimate of drug-likeness (QED) is 0.916. The number of hydrogen-bond acceptors (Lipinski definition) is 3. The van der Waals surface area contributed by atoms with Gasteiger partial charge in [-0.1, -0.05) is 12.1 Å². The van der Waals surface area contributed by atoms with E-state index in [1.807, 2.05) is 0 Å². The first-order valence-corrected chi connectivity index (χ1v) is 7.62. The second kappa shape index (κ2) is 5.25. The predicted octanol–water partition coefficient (Wildman–Crippen LogP) is 2.71. The summed E-state index contributed by atoms with van der Waals surface area (Å²) in [5.74, 6) is -0.00149. The van der Waals surface area contributed by atoms with Gasteiger partial charge in [0.1, 0.15) is 11.6 Å². The standard InChI is InChI=1S/C17H17FN2O2/c18-12-4-2-1-3-11(12)15-7-8-16(22-15)17(21)20-14-9-10-5-6-13(14)19-10/h1-4,7-8,10,13-14,19H,5-6,9H2,(H,20,21). The first kappa shape index (κ1) is 13.5. The predicted molar refractivity (Wildman–Crippen MR) is 79.9 cm³/mol. The minimum Gasteiger partial charge on any atom is -0.451 e. The van der Waals surface area contributed by atoms with Crippen LogP contribution in [0, 0.1) is 5.82 Å². The van der Waals surface area contributed by atoms with Gasteiger partial charge in [-0.3, -0.25) is 4.79 Å². The maximum atomic E-state index is 13.7. The van der Waals surface area contributed by atoms with E-state index in [0.717, 1.165) is 12.8 Å². The lowest BCUT2D eigenvalue weighted by atomic mass is 9.95. The van der Waals surface area contributed by atoms with Gasteiger partial charge in [0.15, 0.2) is 5.76 Å². The largest absolute Gasteiger partial charge is 0.451 e. The topological polar surface area (TPSA) is 54.3 Å². The number of rotatable bonds is 3. The fourth-order valence-corrected chi connectivity index (χ4v) is 3.49. The third-order valence-corrected chi connectivity index (χ3v) is 4.59. The molecule has 1 aromatic heterocycles. The summed E-state index contributed by atoms with van der Waals surface area (Å²) in [6.45, 7) is 0. The zero-order valence-electron chi connectivity index (χ0n) is 12.0. The van der Waals surface area contributed by atoms with Crippen LogP contribution in [0.5, 0.6) is 0 Å². The fraction of sp³-hybridized carbons (Fsp3) is 0.353. The summed E-state index contributed by atoms with van der Waals surface area (Å²) < 4.78 is 19.3. The van der Waals surface area contributed by atoms with Crippen molar-refractivity contribution in [3.05, 3.63) is 48.0 Å². The molecule has 2 bridgehead atoms.